The Kier molecular flexibility index (Phi) is 9.62. The maximum Gasteiger partial charge on any atom is 0.411 e. The van der Waals surface area contributed by atoms with Crippen molar-refractivity contribution in [1.82, 2.24) is 4.90 Å². The molecule has 2 aromatic rings. The Bertz CT molecular complexity index is 1160. The first-order chi connectivity index (χ1) is 17.7. The predicted molar refractivity (Wildman–Crippen MR) is 139 cm³/mol. The second-order valence-corrected chi connectivity index (χ2v) is 9.02. The second kappa shape index (κ2) is 12.4. The molecule has 0 heterocycles. The van der Waals surface area contributed by atoms with Gasteiger partial charge in [-0.1, -0.05) is 0 Å². The summed E-state index contributed by atoms with van der Waals surface area (Å²) in [5, 5.41) is 5.07. The number of methoxy groups -OCH3 is 2. The highest BCUT2D eigenvalue weighted by Gasteiger charge is 2.26. The van der Waals surface area contributed by atoms with Crippen LogP contribution in [0.25, 0.3) is 0 Å². The smallest absolute Gasteiger partial charge is 0.411 e. The maximum atomic E-state index is 12.8. The SMILES string of the molecule is COC(=O)c1ccc(NC(=O)CN(CC(=O)Nc2ccc(C(=O)OC)cc2N)C(=O)OC(C)(C)C)c(N)c1. The van der Waals surface area contributed by atoms with Crippen molar-refractivity contribution in [3.05, 3.63) is 47.5 Å². The van der Waals surface area contributed by atoms with Crippen molar-refractivity contribution in [1.29, 1.82) is 0 Å². The zero-order valence-corrected chi connectivity index (χ0v) is 21.7. The van der Waals surface area contributed by atoms with Gasteiger partial charge in [-0.3, -0.25) is 14.5 Å². The summed E-state index contributed by atoms with van der Waals surface area (Å²) in [5.74, 6) is -2.55. The monoisotopic (exact) mass is 529 g/mol. The van der Waals surface area contributed by atoms with Gasteiger partial charge in [-0.25, -0.2) is 14.4 Å². The molecule has 0 aliphatic rings. The van der Waals surface area contributed by atoms with Crippen LogP contribution < -0.4 is 22.1 Å². The van der Waals surface area contributed by atoms with Gasteiger partial charge in [-0.2, -0.15) is 0 Å². The predicted octanol–water partition coefficient (Wildman–Crippen LogP) is 2.24. The Morgan fingerprint density at radius 3 is 1.47 bits per heavy atom. The summed E-state index contributed by atoms with van der Waals surface area (Å²) in [4.78, 5) is 62.5. The number of carbonyl (C=O) groups is 5. The molecule has 0 bridgehead atoms. The van der Waals surface area contributed by atoms with E-state index in [1.807, 2.05) is 0 Å². The number of hydrogen-bond acceptors (Lipinski definition) is 10. The Morgan fingerprint density at radius 1 is 0.763 bits per heavy atom. The molecule has 2 aromatic carbocycles. The summed E-state index contributed by atoms with van der Waals surface area (Å²) < 4.78 is 14.6. The van der Waals surface area contributed by atoms with Crippen molar-refractivity contribution in [2.45, 2.75) is 26.4 Å². The Labute approximate surface area is 219 Å². The first kappa shape index (κ1) is 29.4. The second-order valence-electron chi connectivity index (χ2n) is 9.02. The van der Waals surface area contributed by atoms with Gasteiger partial charge in [0.1, 0.15) is 18.7 Å². The molecule has 13 nitrogen and oxygen atoms in total. The molecule has 204 valence electrons. The van der Waals surface area contributed by atoms with E-state index in [9.17, 15) is 24.0 Å². The zero-order valence-electron chi connectivity index (χ0n) is 21.7. The van der Waals surface area contributed by atoms with Gasteiger partial charge in [-0.05, 0) is 57.2 Å². The molecule has 6 N–H and O–H groups in total. The van der Waals surface area contributed by atoms with Crippen LogP contribution >= 0.6 is 0 Å². The van der Waals surface area contributed by atoms with E-state index in [1.54, 1.807) is 20.8 Å². The van der Waals surface area contributed by atoms with Crippen LogP contribution in [0.2, 0.25) is 0 Å². The van der Waals surface area contributed by atoms with E-state index in [0.717, 1.165) is 4.90 Å². The van der Waals surface area contributed by atoms with Gasteiger partial charge in [0.25, 0.3) is 0 Å². The van der Waals surface area contributed by atoms with Crippen molar-refractivity contribution in [3.63, 3.8) is 0 Å². The molecule has 0 fully saturated rings. The number of anilines is 4. The normalized spacial score (nSPS) is 10.7. The third-order valence-corrected chi connectivity index (χ3v) is 4.81. The minimum atomic E-state index is -0.911. The number of nitrogens with zero attached hydrogens (tertiary/aromatic N) is 1. The van der Waals surface area contributed by atoms with E-state index in [2.05, 4.69) is 20.1 Å². The van der Waals surface area contributed by atoms with E-state index in [0.29, 0.717) is 0 Å². The van der Waals surface area contributed by atoms with Crippen LogP contribution in [0.1, 0.15) is 41.5 Å². The molecular formula is C25H31N5O8. The van der Waals surface area contributed by atoms with Gasteiger partial charge in [0.2, 0.25) is 11.8 Å². The number of nitrogens with one attached hydrogen (secondary N) is 2. The minimum Gasteiger partial charge on any atom is -0.465 e. The fourth-order valence-corrected chi connectivity index (χ4v) is 3.08. The average molecular weight is 530 g/mol. The number of nitrogen functional groups attached to an aromatic ring is 2. The number of ether oxygens (including phenoxy) is 3. The molecule has 0 aromatic heterocycles. The van der Waals surface area contributed by atoms with Crippen LogP contribution in [0, 0.1) is 0 Å². The third-order valence-electron chi connectivity index (χ3n) is 4.81. The lowest BCUT2D eigenvalue weighted by atomic mass is 10.1. The highest BCUT2D eigenvalue weighted by atomic mass is 16.6. The number of rotatable bonds is 8. The molecule has 0 radical (unpaired) electrons. The van der Waals surface area contributed by atoms with Crippen LogP contribution in [0.5, 0.6) is 0 Å². The lowest BCUT2D eigenvalue weighted by Crippen LogP contribution is -2.45. The first-order valence-corrected chi connectivity index (χ1v) is 11.3. The largest absolute Gasteiger partial charge is 0.465 e. The van der Waals surface area contributed by atoms with Crippen molar-refractivity contribution >= 4 is 52.6 Å². The van der Waals surface area contributed by atoms with Crippen LogP contribution in [-0.2, 0) is 23.8 Å². The molecule has 0 unspecified atom stereocenters. The molecule has 13 heteroatoms. The van der Waals surface area contributed by atoms with Crippen molar-refractivity contribution in [2.75, 3.05) is 49.4 Å². The average Bonchev–Trinajstić information content (AvgIpc) is 2.83. The van der Waals surface area contributed by atoms with Gasteiger partial charge in [0.15, 0.2) is 0 Å². The molecule has 0 saturated carbocycles. The van der Waals surface area contributed by atoms with Crippen molar-refractivity contribution in [3.8, 4) is 0 Å². The molecular weight excluding hydrogens is 498 g/mol. The Hall–Kier alpha value is -4.81. The van der Waals surface area contributed by atoms with E-state index >= 15 is 0 Å². The summed E-state index contributed by atoms with van der Waals surface area (Å²) in [5.41, 5.74) is 11.9. The standard InChI is InChI=1S/C25H31N5O8/c1-25(2,3)38-24(35)30(12-20(31)28-18-8-6-14(10-16(18)26)22(33)36-4)13-21(32)29-19-9-7-15(11-17(19)27)23(34)37-5/h6-11H,12-13,26-27H2,1-5H3,(H,28,31)(H,29,32). The number of amides is 3. The zero-order chi connectivity index (χ0) is 28.6. The minimum absolute atomic E-state index is 0.0914. The fraction of sp³-hybridized carbons (Fsp3) is 0.320. The molecule has 0 spiro atoms. The van der Waals surface area contributed by atoms with Crippen LogP contribution in [0.15, 0.2) is 36.4 Å². The highest BCUT2D eigenvalue weighted by Crippen LogP contribution is 2.22. The number of carbonyl (C=O) groups excluding carboxylic acids is 5. The summed E-state index contributed by atoms with van der Waals surface area (Å²) in [6, 6.07) is 8.29. The van der Waals surface area contributed by atoms with Gasteiger partial charge in [0, 0.05) is 0 Å². The van der Waals surface area contributed by atoms with Crippen LogP contribution in [0.4, 0.5) is 27.5 Å². The summed E-state index contributed by atoms with van der Waals surface area (Å²) in [7, 11) is 2.45. The molecule has 2 rings (SSSR count). The molecule has 0 atom stereocenters. The number of benzene rings is 2. The Balaban J connectivity index is 2.16. The molecule has 38 heavy (non-hydrogen) atoms. The quantitative estimate of drug-likeness (QED) is 0.224. The highest BCUT2D eigenvalue weighted by molar-refractivity contribution is 6.01. The van der Waals surface area contributed by atoms with Gasteiger partial charge < -0.3 is 36.3 Å². The number of esters is 2. The molecule has 0 aliphatic carbocycles. The summed E-state index contributed by atoms with van der Waals surface area (Å²) in [6.07, 6.45) is -0.911. The van der Waals surface area contributed by atoms with E-state index in [1.165, 1.54) is 50.6 Å². The third kappa shape index (κ3) is 8.40. The van der Waals surface area contributed by atoms with Gasteiger partial charge in [-0.15, -0.1) is 0 Å². The van der Waals surface area contributed by atoms with Crippen molar-refractivity contribution in [2.24, 2.45) is 0 Å². The number of nitrogens with two attached hydrogens (primary N) is 2. The van der Waals surface area contributed by atoms with Gasteiger partial charge >= 0.3 is 18.0 Å². The fourth-order valence-electron chi connectivity index (χ4n) is 3.08. The number of hydrogen-bond donors (Lipinski definition) is 4. The maximum absolute atomic E-state index is 12.8. The lowest BCUT2D eigenvalue weighted by Gasteiger charge is -2.27. The van der Waals surface area contributed by atoms with Crippen LogP contribution in [-0.4, -0.2) is 67.7 Å². The van der Waals surface area contributed by atoms with E-state index < -0.39 is 48.5 Å². The lowest BCUT2D eigenvalue weighted by molar-refractivity contribution is -0.120. The Morgan fingerprint density at radius 2 is 1.16 bits per heavy atom. The molecule has 0 aliphatic heterocycles. The topological polar surface area (TPSA) is 192 Å². The first-order valence-electron chi connectivity index (χ1n) is 11.3. The van der Waals surface area contributed by atoms with E-state index in [4.69, 9.17) is 16.2 Å². The summed E-state index contributed by atoms with van der Waals surface area (Å²) in [6.45, 7) is 3.79. The molecule has 0 saturated heterocycles. The molecule has 3 amide bonds. The van der Waals surface area contributed by atoms with Crippen molar-refractivity contribution < 1.29 is 38.2 Å². The van der Waals surface area contributed by atoms with E-state index in [-0.39, 0.29) is 33.9 Å². The van der Waals surface area contributed by atoms with Gasteiger partial charge in [0.05, 0.1) is 48.1 Å². The summed E-state index contributed by atoms with van der Waals surface area (Å²) >= 11 is 0. The van der Waals surface area contributed by atoms with Crippen LogP contribution in [0.3, 0.4) is 0 Å².